The van der Waals surface area contributed by atoms with Gasteiger partial charge in [0, 0.05) is 12.0 Å². The molecule has 0 amide bonds. The number of ether oxygens (including phenoxy) is 1. The number of sulfonamides is 1. The van der Waals surface area contributed by atoms with Crippen molar-refractivity contribution in [3.63, 3.8) is 0 Å². The van der Waals surface area contributed by atoms with Crippen LogP contribution in [-0.4, -0.2) is 31.2 Å². The Hall–Kier alpha value is -3.89. The van der Waals surface area contributed by atoms with Gasteiger partial charge in [-0.05, 0) is 71.6 Å². The van der Waals surface area contributed by atoms with Crippen LogP contribution in [-0.2, 0) is 16.4 Å². The van der Waals surface area contributed by atoms with Gasteiger partial charge in [-0.1, -0.05) is 48.0 Å². The Morgan fingerprint density at radius 1 is 1.21 bits per heavy atom. The number of aryl methyl sites for hydroxylation is 1. The van der Waals surface area contributed by atoms with Crippen molar-refractivity contribution >= 4 is 39.0 Å². The molecule has 0 saturated heterocycles. The van der Waals surface area contributed by atoms with Crippen LogP contribution in [0.1, 0.15) is 29.2 Å². The third-order valence-electron chi connectivity index (χ3n) is 6.21. The first kappa shape index (κ1) is 25.7. The summed E-state index contributed by atoms with van der Waals surface area (Å²) in [6.07, 6.45) is 1.46. The van der Waals surface area contributed by atoms with Crippen LogP contribution in [0.25, 0.3) is 11.6 Å². The molecule has 196 valence electrons. The van der Waals surface area contributed by atoms with E-state index in [1.807, 2.05) is 19.1 Å². The molecule has 8 nitrogen and oxygen atoms in total. The van der Waals surface area contributed by atoms with Crippen molar-refractivity contribution in [1.82, 2.24) is 10.1 Å². The van der Waals surface area contributed by atoms with Crippen molar-refractivity contribution in [2.45, 2.75) is 31.3 Å². The van der Waals surface area contributed by atoms with Crippen molar-refractivity contribution in [3.8, 4) is 6.01 Å². The van der Waals surface area contributed by atoms with Gasteiger partial charge in [-0.3, -0.25) is 8.83 Å². The lowest BCUT2D eigenvalue weighted by Crippen LogP contribution is -2.45. The van der Waals surface area contributed by atoms with Gasteiger partial charge in [0.15, 0.2) is 0 Å². The quantitative estimate of drug-likeness (QED) is 0.327. The number of hydrogen-bond acceptors (Lipinski definition) is 6. The van der Waals surface area contributed by atoms with Crippen LogP contribution in [0.15, 0.2) is 74.9 Å². The third-order valence-corrected chi connectivity index (χ3v) is 8.30. The molecule has 0 radical (unpaired) electrons. The maximum absolute atomic E-state index is 14.5. The fraction of sp³-hybridized carbons (Fsp3) is 0.185. The predicted octanol–water partition coefficient (Wildman–Crippen LogP) is 5.22. The van der Waals surface area contributed by atoms with Gasteiger partial charge < -0.3 is 4.74 Å². The number of fused-ring (bicyclic) bond motifs is 1. The number of rotatable bonds is 6. The summed E-state index contributed by atoms with van der Waals surface area (Å²) in [7, 11) is -3.99. The monoisotopic (exact) mass is 555 g/mol. The molecule has 1 atom stereocenters. The average molecular weight is 556 g/mol. The number of nitrogens with zero attached hydrogens (tertiary/aromatic N) is 2. The largest absolute Gasteiger partial charge is 0.457 e. The Morgan fingerprint density at radius 3 is 2.71 bits per heavy atom. The molecule has 1 N–H and O–H groups in total. The first-order chi connectivity index (χ1) is 18.1. The highest BCUT2D eigenvalue weighted by Gasteiger charge is 2.35. The van der Waals surface area contributed by atoms with Crippen LogP contribution in [0.2, 0.25) is 5.02 Å². The Labute approximate surface area is 223 Å². The van der Waals surface area contributed by atoms with Gasteiger partial charge in [0.1, 0.15) is 11.9 Å². The van der Waals surface area contributed by atoms with E-state index in [2.05, 4.69) is 14.7 Å². The molecule has 0 spiro atoms. The van der Waals surface area contributed by atoms with E-state index in [1.165, 1.54) is 22.5 Å². The molecule has 11 heteroatoms. The topological polar surface area (TPSA) is 106 Å². The van der Waals surface area contributed by atoms with Crippen molar-refractivity contribution in [1.29, 1.82) is 0 Å². The van der Waals surface area contributed by atoms with Crippen LogP contribution in [0, 0.1) is 12.7 Å². The van der Waals surface area contributed by atoms with Gasteiger partial charge in [0.05, 0.1) is 22.2 Å². The minimum Gasteiger partial charge on any atom is -0.457 e. The molecule has 5 rings (SSSR count). The van der Waals surface area contributed by atoms with Crippen LogP contribution in [0.3, 0.4) is 0 Å². The summed E-state index contributed by atoms with van der Waals surface area (Å²) in [5.74, 6) is -1.22. The van der Waals surface area contributed by atoms with Crippen LogP contribution in [0.4, 0.5) is 10.1 Å². The highest BCUT2D eigenvalue weighted by atomic mass is 35.5. The summed E-state index contributed by atoms with van der Waals surface area (Å²) in [5.41, 5.74) is 3.53. The first-order valence-corrected chi connectivity index (χ1v) is 13.5. The van der Waals surface area contributed by atoms with E-state index in [-0.39, 0.29) is 28.0 Å². The van der Waals surface area contributed by atoms with Gasteiger partial charge >= 0.3 is 11.8 Å². The second-order valence-corrected chi connectivity index (χ2v) is 11.3. The Balaban J connectivity index is 1.58. The predicted molar refractivity (Wildman–Crippen MR) is 142 cm³/mol. The molecule has 0 saturated carbocycles. The van der Waals surface area contributed by atoms with Crippen molar-refractivity contribution in [2.75, 3.05) is 10.8 Å². The van der Waals surface area contributed by atoms with Crippen molar-refractivity contribution < 1.29 is 22.1 Å². The third kappa shape index (κ3) is 5.09. The van der Waals surface area contributed by atoms with Gasteiger partial charge in [-0.2, -0.15) is 0 Å². The molecule has 4 aromatic rings. The minimum atomic E-state index is -3.99. The van der Waals surface area contributed by atoms with E-state index in [0.29, 0.717) is 28.8 Å². The molecule has 1 aliphatic rings. The molecule has 3 aromatic carbocycles. The number of allylic oxidation sites excluding steroid dienone is 1. The zero-order chi connectivity index (χ0) is 27.0. The molecular weight excluding hydrogens is 533 g/mol. The molecule has 0 fully saturated rings. The number of H-pyrrole nitrogens is 1. The SMILES string of the molecule is C/C(=C\c1ccc2c(c1)N(S(=O)(=O)c1cccc(C)c1)C[C@H](Oc1noc(=O)[nH]1)C2)c1c(F)cccc1Cl. The van der Waals surface area contributed by atoms with Crippen LogP contribution >= 0.6 is 11.6 Å². The van der Waals surface area contributed by atoms with E-state index in [9.17, 15) is 17.6 Å². The molecule has 2 heterocycles. The lowest BCUT2D eigenvalue weighted by atomic mass is 9.97. The summed E-state index contributed by atoms with van der Waals surface area (Å²) in [5, 5.41) is 3.81. The molecule has 38 heavy (non-hydrogen) atoms. The second kappa shape index (κ2) is 10.1. The molecular formula is C27H23ClFN3O5S. The Morgan fingerprint density at radius 2 is 2.00 bits per heavy atom. The van der Waals surface area contributed by atoms with E-state index in [0.717, 1.165) is 5.56 Å². The summed E-state index contributed by atoms with van der Waals surface area (Å²) < 4.78 is 53.7. The van der Waals surface area contributed by atoms with Gasteiger partial charge in [0.2, 0.25) is 0 Å². The summed E-state index contributed by atoms with van der Waals surface area (Å²) in [4.78, 5) is 13.8. The van der Waals surface area contributed by atoms with E-state index >= 15 is 0 Å². The fourth-order valence-corrected chi connectivity index (χ4v) is 6.44. The Bertz CT molecular complexity index is 1690. The second-order valence-electron chi connectivity index (χ2n) is 9.01. The molecule has 1 aliphatic heterocycles. The highest BCUT2D eigenvalue weighted by molar-refractivity contribution is 7.92. The van der Waals surface area contributed by atoms with Crippen molar-refractivity contribution in [2.24, 2.45) is 0 Å². The van der Waals surface area contributed by atoms with Gasteiger partial charge in [-0.25, -0.2) is 22.6 Å². The van der Waals surface area contributed by atoms with E-state index in [1.54, 1.807) is 43.3 Å². The Kier molecular flexibility index (Phi) is 6.85. The van der Waals surface area contributed by atoms with E-state index < -0.39 is 27.7 Å². The summed E-state index contributed by atoms with van der Waals surface area (Å²) >= 11 is 6.24. The van der Waals surface area contributed by atoms with Crippen molar-refractivity contribution in [3.05, 3.63) is 104 Å². The number of nitrogens with one attached hydrogen (secondary N) is 1. The number of aromatic amines is 1. The number of hydrogen-bond donors (Lipinski definition) is 1. The van der Waals surface area contributed by atoms with Gasteiger partial charge in [-0.15, -0.1) is 0 Å². The minimum absolute atomic E-state index is 0.0382. The smallest absolute Gasteiger partial charge is 0.441 e. The summed E-state index contributed by atoms with van der Waals surface area (Å²) in [6.45, 7) is 3.52. The molecule has 0 aliphatic carbocycles. The van der Waals surface area contributed by atoms with Gasteiger partial charge in [0.25, 0.3) is 10.0 Å². The molecule has 1 aromatic heterocycles. The van der Waals surface area contributed by atoms with Crippen LogP contribution < -0.4 is 14.8 Å². The number of aromatic nitrogens is 2. The lowest BCUT2D eigenvalue weighted by molar-refractivity contribution is 0.181. The van der Waals surface area contributed by atoms with Crippen LogP contribution in [0.5, 0.6) is 6.01 Å². The zero-order valence-electron chi connectivity index (χ0n) is 20.4. The maximum Gasteiger partial charge on any atom is 0.441 e. The maximum atomic E-state index is 14.5. The standard InChI is InChI=1S/C27H23ClFN3O5S/c1-16-5-3-6-21(11-16)38(34,35)32-15-20(36-26-30-27(33)37-31-26)14-19-10-9-18(13-24(19)32)12-17(2)25-22(28)7-4-8-23(25)29/h3-13,20H,14-15H2,1-2H3,(H,30,31,33)/b17-12+/t20-/m1/s1. The average Bonchev–Trinajstić information content (AvgIpc) is 3.28. The number of anilines is 1. The zero-order valence-corrected chi connectivity index (χ0v) is 22.0. The lowest BCUT2D eigenvalue weighted by Gasteiger charge is -2.35. The number of benzene rings is 3. The number of halogens is 2. The molecule has 0 unspecified atom stereocenters. The molecule has 0 bridgehead atoms. The first-order valence-electron chi connectivity index (χ1n) is 11.7. The fourth-order valence-electron chi connectivity index (χ4n) is 4.50. The highest BCUT2D eigenvalue weighted by Crippen LogP contribution is 2.35. The van der Waals surface area contributed by atoms with E-state index in [4.69, 9.17) is 16.3 Å². The normalized spacial score (nSPS) is 15.8. The summed E-state index contributed by atoms with van der Waals surface area (Å²) in [6, 6.07) is 16.4.